The quantitative estimate of drug-likeness (QED) is 0.662. The Morgan fingerprint density at radius 1 is 1.35 bits per heavy atom. The van der Waals surface area contributed by atoms with Crippen LogP contribution in [0.25, 0.3) is 0 Å². The molecule has 0 saturated carbocycles. The van der Waals surface area contributed by atoms with Crippen molar-refractivity contribution in [3.8, 4) is 0 Å². The lowest BCUT2D eigenvalue weighted by Crippen LogP contribution is -2.13. The van der Waals surface area contributed by atoms with Crippen molar-refractivity contribution in [2.75, 3.05) is 5.32 Å². The van der Waals surface area contributed by atoms with E-state index in [4.69, 9.17) is 0 Å². The number of hydrogen-bond donors (Lipinski definition) is 1. The minimum Gasteiger partial charge on any atom is -0.309 e. The molecule has 0 fully saturated rings. The molecule has 102 valence electrons. The van der Waals surface area contributed by atoms with Gasteiger partial charge in [0.05, 0.1) is 11.1 Å². The van der Waals surface area contributed by atoms with Gasteiger partial charge < -0.3 is 5.32 Å². The van der Waals surface area contributed by atoms with E-state index in [2.05, 4.69) is 15.3 Å². The van der Waals surface area contributed by atoms with E-state index in [9.17, 15) is 14.9 Å². The number of aryl methyl sites for hydroxylation is 1. The first-order chi connectivity index (χ1) is 9.65. The van der Waals surface area contributed by atoms with Crippen LogP contribution in [0.2, 0.25) is 0 Å². The Morgan fingerprint density at radius 2 is 2.20 bits per heavy atom. The summed E-state index contributed by atoms with van der Waals surface area (Å²) in [6.07, 6.45) is 5.09. The summed E-state index contributed by atoms with van der Waals surface area (Å²) in [5.74, 6) is 0.175. The van der Waals surface area contributed by atoms with Crippen LogP contribution < -0.4 is 5.32 Å². The third-order valence-electron chi connectivity index (χ3n) is 2.59. The van der Waals surface area contributed by atoms with Crippen molar-refractivity contribution in [3.05, 3.63) is 58.5 Å². The number of anilines is 1. The van der Waals surface area contributed by atoms with Gasteiger partial charge in [0.2, 0.25) is 5.91 Å². The fourth-order valence-electron chi connectivity index (χ4n) is 1.65. The van der Waals surface area contributed by atoms with Crippen molar-refractivity contribution >= 4 is 17.4 Å². The molecule has 20 heavy (non-hydrogen) atoms. The van der Waals surface area contributed by atoms with E-state index < -0.39 is 4.92 Å². The van der Waals surface area contributed by atoms with Gasteiger partial charge in [-0.15, -0.1) is 0 Å². The number of rotatable bonds is 5. The van der Waals surface area contributed by atoms with Crippen LogP contribution in [-0.4, -0.2) is 20.8 Å². The van der Waals surface area contributed by atoms with E-state index in [1.54, 1.807) is 12.1 Å². The molecule has 0 aliphatic heterocycles. The zero-order valence-electron chi connectivity index (χ0n) is 10.5. The zero-order chi connectivity index (χ0) is 14.4. The molecule has 1 aromatic carbocycles. The van der Waals surface area contributed by atoms with Gasteiger partial charge in [-0.2, -0.15) is 0 Å². The van der Waals surface area contributed by atoms with Gasteiger partial charge in [-0.25, -0.2) is 4.98 Å². The van der Waals surface area contributed by atoms with Gasteiger partial charge in [0.25, 0.3) is 5.69 Å². The highest BCUT2D eigenvalue weighted by Gasteiger charge is 2.08. The van der Waals surface area contributed by atoms with Crippen molar-refractivity contribution in [3.63, 3.8) is 0 Å². The molecule has 0 atom stereocenters. The summed E-state index contributed by atoms with van der Waals surface area (Å²) in [7, 11) is 0. The average Bonchev–Trinajstić information content (AvgIpc) is 2.46. The van der Waals surface area contributed by atoms with E-state index >= 15 is 0 Å². The summed E-state index contributed by atoms with van der Waals surface area (Å²) in [5.41, 5.74) is 0.769. The number of nitrogens with one attached hydrogen (secondary N) is 1. The van der Waals surface area contributed by atoms with Gasteiger partial charge in [-0.05, 0) is 12.0 Å². The van der Waals surface area contributed by atoms with Gasteiger partial charge in [0.1, 0.15) is 0 Å². The van der Waals surface area contributed by atoms with Gasteiger partial charge in [0.15, 0.2) is 5.82 Å². The molecular formula is C13H12N4O3. The molecule has 1 aromatic heterocycles. The first-order valence-corrected chi connectivity index (χ1v) is 5.94. The molecule has 0 unspecified atom stereocenters. The number of nitrogens with zero attached hydrogens (tertiary/aromatic N) is 3. The Balaban J connectivity index is 1.90. The highest BCUT2D eigenvalue weighted by molar-refractivity contribution is 5.89. The van der Waals surface area contributed by atoms with Crippen molar-refractivity contribution < 1.29 is 9.72 Å². The third-order valence-corrected chi connectivity index (χ3v) is 2.59. The second-order valence-electron chi connectivity index (χ2n) is 4.07. The normalized spacial score (nSPS) is 10.0. The highest BCUT2D eigenvalue weighted by Crippen LogP contribution is 2.14. The molecule has 2 aromatic rings. The molecule has 0 saturated heterocycles. The van der Waals surface area contributed by atoms with Crippen LogP contribution in [0, 0.1) is 10.1 Å². The van der Waals surface area contributed by atoms with Crippen LogP contribution in [-0.2, 0) is 11.2 Å². The van der Waals surface area contributed by atoms with E-state index in [-0.39, 0.29) is 18.0 Å². The van der Waals surface area contributed by atoms with Crippen molar-refractivity contribution in [2.45, 2.75) is 12.8 Å². The fourth-order valence-corrected chi connectivity index (χ4v) is 1.65. The molecule has 1 N–H and O–H groups in total. The molecule has 7 heteroatoms. The number of benzene rings is 1. The minimum atomic E-state index is -0.455. The maximum absolute atomic E-state index is 11.7. The topological polar surface area (TPSA) is 98.0 Å². The molecule has 0 spiro atoms. The first-order valence-electron chi connectivity index (χ1n) is 5.94. The lowest BCUT2D eigenvalue weighted by molar-refractivity contribution is -0.384. The third kappa shape index (κ3) is 3.84. The second-order valence-corrected chi connectivity index (χ2v) is 4.07. The van der Waals surface area contributed by atoms with Crippen LogP contribution in [0.15, 0.2) is 42.9 Å². The number of non-ortho nitro benzene ring substituents is 1. The molecule has 0 aliphatic carbocycles. The Morgan fingerprint density at radius 3 is 2.90 bits per heavy atom. The molecule has 1 amide bonds. The van der Waals surface area contributed by atoms with Crippen molar-refractivity contribution in [2.24, 2.45) is 0 Å². The lowest BCUT2D eigenvalue weighted by atomic mass is 10.1. The largest absolute Gasteiger partial charge is 0.309 e. The Kier molecular flexibility index (Phi) is 4.33. The number of hydrogen-bond acceptors (Lipinski definition) is 5. The molecule has 7 nitrogen and oxygen atoms in total. The monoisotopic (exact) mass is 272 g/mol. The molecule has 1 heterocycles. The SMILES string of the molecule is O=C(CCc1cccc([N+](=O)[O-])c1)Nc1cnccn1. The van der Waals surface area contributed by atoms with Crippen molar-refractivity contribution in [1.29, 1.82) is 0 Å². The number of nitro groups is 1. The van der Waals surface area contributed by atoms with Gasteiger partial charge in [0, 0.05) is 30.9 Å². The van der Waals surface area contributed by atoms with Gasteiger partial charge in [-0.1, -0.05) is 12.1 Å². The lowest BCUT2D eigenvalue weighted by Gasteiger charge is -2.03. The molecule has 0 aliphatic rings. The van der Waals surface area contributed by atoms with Gasteiger partial charge in [-0.3, -0.25) is 19.9 Å². The Hall–Kier alpha value is -2.83. The molecular weight excluding hydrogens is 260 g/mol. The van der Waals surface area contributed by atoms with E-state index in [0.29, 0.717) is 12.2 Å². The molecule has 0 radical (unpaired) electrons. The zero-order valence-corrected chi connectivity index (χ0v) is 10.5. The Bertz CT molecular complexity index is 616. The number of amides is 1. The summed E-state index contributed by atoms with van der Waals surface area (Å²) in [5, 5.41) is 13.2. The molecule has 0 bridgehead atoms. The number of aromatic nitrogens is 2. The summed E-state index contributed by atoms with van der Waals surface area (Å²) in [6, 6.07) is 6.25. The summed E-state index contributed by atoms with van der Waals surface area (Å²) in [6.45, 7) is 0. The van der Waals surface area contributed by atoms with Crippen molar-refractivity contribution in [1.82, 2.24) is 9.97 Å². The van der Waals surface area contributed by atoms with E-state index in [0.717, 1.165) is 5.56 Å². The summed E-state index contributed by atoms with van der Waals surface area (Å²) < 4.78 is 0. The van der Waals surface area contributed by atoms with Crippen LogP contribution in [0.1, 0.15) is 12.0 Å². The number of carbonyl (C=O) groups excluding carboxylic acids is 1. The number of nitro benzene ring substituents is 1. The van der Waals surface area contributed by atoms with Crippen LogP contribution in [0.5, 0.6) is 0 Å². The van der Waals surface area contributed by atoms with E-state index in [1.807, 2.05) is 0 Å². The average molecular weight is 272 g/mol. The smallest absolute Gasteiger partial charge is 0.269 e. The maximum atomic E-state index is 11.7. The minimum absolute atomic E-state index is 0.0248. The maximum Gasteiger partial charge on any atom is 0.269 e. The van der Waals surface area contributed by atoms with Crippen LogP contribution >= 0.6 is 0 Å². The fraction of sp³-hybridized carbons (Fsp3) is 0.154. The Labute approximate surface area is 114 Å². The van der Waals surface area contributed by atoms with E-state index in [1.165, 1.54) is 30.7 Å². The standard InChI is InChI=1S/C13H12N4O3/c18-13(16-12-9-14-6-7-15-12)5-4-10-2-1-3-11(8-10)17(19)20/h1-3,6-9H,4-5H2,(H,15,16,18). The summed E-state index contributed by atoms with van der Waals surface area (Å²) in [4.78, 5) is 29.6. The predicted molar refractivity (Wildman–Crippen MR) is 72.1 cm³/mol. The highest BCUT2D eigenvalue weighted by atomic mass is 16.6. The van der Waals surface area contributed by atoms with Crippen LogP contribution in [0.4, 0.5) is 11.5 Å². The number of carbonyl (C=O) groups is 1. The summed E-state index contributed by atoms with van der Waals surface area (Å²) >= 11 is 0. The molecule has 2 rings (SSSR count). The second kappa shape index (κ2) is 6.37. The van der Waals surface area contributed by atoms with Crippen LogP contribution in [0.3, 0.4) is 0 Å². The van der Waals surface area contributed by atoms with Gasteiger partial charge >= 0.3 is 0 Å². The predicted octanol–water partition coefficient (Wildman–Crippen LogP) is 1.96. The first kappa shape index (κ1) is 13.6.